The molecule has 0 saturated carbocycles. The molecule has 1 aromatic carbocycles. The van der Waals surface area contributed by atoms with Gasteiger partial charge in [0.15, 0.2) is 23.3 Å². The maximum absolute atomic E-state index is 12.7. The molecule has 2 aliphatic rings. The number of benzene rings is 1. The third-order valence-corrected chi connectivity index (χ3v) is 10.4. The molecule has 2 fully saturated rings. The van der Waals surface area contributed by atoms with Crippen LogP contribution in [0, 0.1) is 13.8 Å². The Bertz CT molecular complexity index is 2440. The van der Waals surface area contributed by atoms with E-state index in [-0.39, 0.29) is 11.8 Å². The molecule has 2 amide bonds. The number of nitrogens with zero attached hydrogens (tertiary/aromatic N) is 13. The molecule has 2 N–H and O–H groups in total. The summed E-state index contributed by atoms with van der Waals surface area (Å²) in [5, 5.41) is 14.6. The third kappa shape index (κ3) is 11.6. The van der Waals surface area contributed by atoms with Crippen LogP contribution in [0.25, 0.3) is 34.4 Å². The van der Waals surface area contributed by atoms with Gasteiger partial charge >= 0.3 is 0 Å². The van der Waals surface area contributed by atoms with E-state index in [1.54, 1.807) is 60.5 Å². The molecule has 19 heteroatoms. The Hall–Kier alpha value is -6.67. The number of hydrogen-bond acceptors (Lipinski definition) is 15. The Balaban J connectivity index is 0.000000187. The van der Waals surface area contributed by atoms with Crippen LogP contribution in [0.5, 0.6) is 11.5 Å². The molecule has 0 aliphatic carbocycles. The number of pyridine rings is 1. The summed E-state index contributed by atoms with van der Waals surface area (Å²) in [4.78, 5) is 56.8. The Labute approximate surface area is 360 Å². The summed E-state index contributed by atoms with van der Waals surface area (Å²) in [6, 6.07) is 16.6. The van der Waals surface area contributed by atoms with E-state index < -0.39 is 0 Å². The molecule has 0 radical (unpaired) electrons. The van der Waals surface area contributed by atoms with E-state index in [1.807, 2.05) is 56.3 Å². The lowest BCUT2D eigenvalue weighted by Gasteiger charge is -2.31. The highest BCUT2D eigenvalue weighted by molar-refractivity contribution is 5.92. The Morgan fingerprint density at radius 1 is 0.661 bits per heavy atom. The lowest BCUT2D eigenvalue weighted by Crippen LogP contribution is -2.47. The van der Waals surface area contributed by atoms with Gasteiger partial charge in [-0.2, -0.15) is 10.2 Å². The summed E-state index contributed by atoms with van der Waals surface area (Å²) >= 11 is 0. The number of carbonyl (C=O) groups is 2. The summed E-state index contributed by atoms with van der Waals surface area (Å²) in [7, 11) is 7.38. The Morgan fingerprint density at radius 3 is 1.81 bits per heavy atom. The number of nitrogens with one attached hydrogen (secondary N) is 2. The molecule has 5 aromatic heterocycles. The number of rotatable bonds is 12. The van der Waals surface area contributed by atoms with E-state index in [1.165, 1.54) is 0 Å². The van der Waals surface area contributed by atoms with Crippen molar-refractivity contribution < 1.29 is 19.1 Å². The average Bonchev–Trinajstić information content (AvgIpc) is 3.95. The highest BCUT2D eigenvalue weighted by Gasteiger charge is 2.20. The maximum atomic E-state index is 12.7. The number of anilines is 2. The number of ether oxygens (including phenoxy) is 2. The van der Waals surface area contributed by atoms with Crippen molar-refractivity contribution in [2.45, 2.75) is 13.8 Å². The topological polar surface area (TPSA) is 190 Å². The summed E-state index contributed by atoms with van der Waals surface area (Å²) in [6.45, 7) is 11.9. The van der Waals surface area contributed by atoms with E-state index in [0.29, 0.717) is 65.1 Å². The highest BCUT2D eigenvalue weighted by Crippen LogP contribution is 2.25. The van der Waals surface area contributed by atoms with Crippen LogP contribution in [0.4, 0.5) is 11.6 Å². The van der Waals surface area contributed by atoms with E-state index in [0.717, 1.165) is 69.3 Å². The van der Waals surface area contributed by atoms with Crippen LogP contribution in [-0.2, 0) is 9.59 Å². The molecule has 2 aliphatic heterocycles. The van der Waals surface area contributed by atoms with Crippen LogP contribution < -0.4 is 20.1 Å². The lowest BCUT2D eigenvalue weighted by molar-refractivity contribution is -0.118. The first-order valence-electron chi connectivity index (χ1n) is 20.4. The van der Waals surface area contributed by atoms with Gasteiger partial charge in [0.05, 0.1) is 39.2 Å². The fraction of sp³-hybridized carbons (Fsp3) is 0.372. The van der Waals surface area contributed by atoms with Gasteiger partial charge in [-0.1, -0.05) is 12.1 Å². The van der Waals surface area contributed by atoms with Crippen molar-refractivity contribution >= 4 is 23.5 Å². The van der Waals surface area contributed by atoms with Gasteiger partial charge in [-0.3, -0.25) is 24.4 Å². The largest absolute Gasteiger partial charge is 0.497 e. The van der Waals surface area contributed by atoms with Crippen molar-refractivity contribution in [1.82, 2.24) is 64.1 Å². The predicted octanol–water partition coefficient (Wildman–Crippen LogP) is 3.06. The molecule has 8 rings (SSSR count). The van der Waals surface area contributed by atoms with Crippen molar-refractivity contribution in [3.05, 3.63) is 90.8 Å². The van der Waals surface area contributed by atoms with Gasteiger partial charge in [0, 0.05) is 99.9 Å². The normalized spacial score (nSPS) is 15.1. The van der Waals surface area contributed by atoms with Crippen molar-refractivity contribution in [1.29, 1.82) is 0 Å². The highest BCUT2D eigenvalue weighted by atomic mass is 16.5. The minimum absolute atomic E-state index is 0.0961. The number of hydrogen-bond donors (Lipinski definition) is 2. The summed E-state index contributed by atoms with van der Waals surface area (Å²) < 4.78 is 14.0. The van der Waals surface area contributed by atoms with E-state index in [9.17, 15) is 9.59 Å². The van der Waals surface area contributed by atoms with Gasteiger partial charge in [0.25, 0.3) is 0 Å². The molecular weight excluding hydrogens is 791 g/mol. The smallest absolute Gasteiger partial charge is 0.239 e. The van der Waals surface area contributed by atoms with E-state index in [4.69, 9.17) is 9.47 Å². The number of aromatic nitrogens is 9. The quantitative estimate of drug-likeness (QED) is 0.183. The zero-order chi connectivity index (χ0) is 43.6. The molecule has 6 aromatic rings. The van der Waals surface area contributed by atoms with E-state index in [2.05, 4.69) is 79.4 Å². The van der Waals surface area contributed by atoms with Gasteiger partial charge < -0.3 is 29.9 Å². The fourth-order valence-electron chi connectivity index (χ4n) is 6.94. The van der Waals surface area contributed by atoms with Crippen LogP contribution in [0.1, 0.15) is 11.4 Å². The second-order valence-electron chi connectivity index (χ2n) is 15.3. The first-order valence-corrected chi connectivity index (χ1v) is 20.4. The van der Waals surface area contributed by atoms with E-state index >= 15 is 0 Å². The zero-order valence-corrected chi connectivity index (χ0v) is 36.0. The minimum Gasteiger partial charge on any atom is -0.497 e. The molecule has 0 bridgehead atoms. The van der Waals surface area contributed by atoms with Gasteiger partial charge in [0.1, 0.15) is 23.1 Å². The predicted molar refractivity (Wildman–Crippen MR) is 235 cm³/mol. The van der Waals surface area contributed by atoms with Crippen LogP contribution in [0.3, 0.4) is 0 Å². The standard InChI is InChI=1S/C22H28N8O2.C21H25N7O2/c1-15-9-16(2)30(27-15)20-11-19(24-21(31)14-29-7-5-28(3)6-8-29)25-22(26-20)17-10-18(32-4)13-23-12-17;1-26-9-11-27(12-10-26)15-20(29)23-18-14-19(28-8-4-7-22-28)25-21(24-18)16-5-3-6-17(13-16)30-2/h9-13H,5-8,14H2,1-4H3,(H,24,25,26,31);3-8,13-14H,9-12,15H2,1-2H3,(H,23,24,25,29). The molecule has 7 heterocycles. The number of methoxy groups -OCH3 is 2. The number of likely N-dealkylation sites (N-methyl/N-ethyl adjacent to an activating group) is 2. The van der Waals surface area contributed by atoms with Crippen molar-refractivity contribution in [2.75, 3.05) is 104 Å². The second-order valence-corrected chi connectivity index (χ2v) is 15.3. The number of aryl methyl sites for hydroxylation is 2. The Kier molecular flexibility index (Phi) is 14.2. The molecule has 0 spiro atoms. The van der Waals surface area contributed by atoms with Crippen molar-refractivity contribution in [2.24, 2.45) is 0 Å². The van der Waals surface area contributed by atoms with Gasteiger partial charge in [-0.25, -0.2) is 29.3 Å². The van der Waals surface area contributed by atoms with Gasteiger partial charge in [-0.05, 0) is 58.3 Å². The van der Waals surface area contributed by atoms with Gasteiger partial charge in [0.2, 0.25) is 11.8 Å². The fourth-order valence-corrected chi connectivity index (χ4v) is 6.94. The van der Waals surface area contributed by atoms with Crippen LogP contribution in [0.2, 0.25) is 0 Å². The molecule has 19 nitrogen and oxygen atoms in total. The lowest BCUT2D eigenvalue weighted by atomic mass is 10.2. The number of piperazine rings is 2. The monoisotopic (exact) mass is 843 g/mol. The van der Waals surface area contributed by atoms with Crippen molar-refractivity contribution in [3.63, 3.8) is 0 Å². The van der Waals surface area contributed by atoms with Crippen LogP contribution >= 0.6 is 0 Å². The molecule has 0 unspecified atom stereocenters. The molecule has 2 saturated heterocycles. The van der Waals surface area contributed by atoms with Gasteiger partial charge in [-0.15, -0.1) is 0 Å². The second kappa shape index (κ2) is 20.3. The maximum Gasteiger partial charge on any atom is 0.239 e. The zero-order valence-electron chi connectivity index (χ0n) is 36.0. The number of carbonyl (C=O) groups excluding carboxylic acids is 2. The average molecular weight is 844 g/mol. The first kappa shape index (κ1) is 43.4. The third-order valence-electron chi connectivity index (χ3n) is 10.4. The summed E-state index contributed by atoms with van der Waals surface area (Å²) in [6.07, 6.45) is 6.76. The van der Waals surface area contributed by atoms with Crippen LogP contribution in [0.15, 0.2) is 79.4 Å². The first-order chi connectivity index (χ1) is 30.0. The Morgan fingerprint density at radius 2 is 1.24 bits per heavy atom. The summed E-state index contributed by atoms with van der Waals surface area (Å²) in [5.41, 5.74) is 3.29. The number of amides is 2. The molecule has 324 valence electrons. The minimum atomic E-state index is -0.109. The van der Waals surface area contributed by atoms with Crippen LogP contribution in [-0.4, -0.2) is 170 Å². The summed E-state index contributed by atoms with van der Waals surface area (Å²) in [5.74, 6) is 4.01. The van der Waals surface area contributed by atoms with Crippen molar-refractivity contribution in [3.8, 4) is 45.9 Å². The SMILES string of the molecule is COc1cccc(-c2nc(NC(=O)CN3CCN(C)CC3)cc(-n3cccn3)n2)c1.COc1cncc(-c2nc(NC(=O)CN3CCN(C)CC3)cc(-n3nc(C)cc3C)n2)c1. The molecule has 62 heavy (non-hydrogen) atoms. The molecular formula is C43H53N15O4. The molecule has 0 atom stereocenters.